The standard InChI is InChI=1S/C30H26F4N4O4/c1-37-25-11-20(29(39)40)12-26(42-30(33)34)28(25)36-27(37)15-38-8-6-18(7-9-38)22-13-21(4-5-23(22)31)41-16-19-3-2-17(14-35)10-24(19)32/h2-5,10-13,18,30H,6-9,15-16H2,1H3,(H,39,40). The Balaban J connectivity index is 1.26. The van der Waals surface area contributed by atoms with E-state index in [1.165, 1.54) is 30.3 Å². The molecule has 1 aliphatic heterocycles. The second-order valence-electron chi connectivity index (χ2n) is 10.1. The lowest BCUT2D eigenvalue weighted by Crippen LogP contribution is -2.33. The summed E-state index contributed by atoms with van der Waals surface area (Å²) in [5.41, 5.74) is 1.31. The minimum Gasteiger partial charge on any atom is -0.489 e. The smallest absolute Gasteiger partial charge is 0.387 e. The summed E-state index contributed by atoms with van der Waals surface area (Å²) >= 11 is 0. The van der Waals surface area contributed by atoms with Crippen molar-refractivity contribution in [1.82, 2.24) is 14.5 Å². The van der Waals surface area contributed by atoms with Gasteiger partial charge in [-0.3, -0.25) is 4.90 Å². The average Bonchev–Trinajstić information content (AvgIpc) is 3.28. The number of benzene rings is 3. The lowest BCUT2D eigenvalue weighted by molar-refractivity contribution is -0.0489. The molecule has 0 amide bonds. The van der Waals surface area contributed by atoms with Gasteiger partial charge in [0, 0.05) is 12.6 Å². The van der Waals surface area contributed by atoms with Crippen LogP contribution < -0.4 is 9.47 Å². The number of likely N-dealkylation sites (tertiary alicyclic amines) is 1. The van der Waals surface area contributed by atoms with Crippen LogP contribution in [-0.2, 0) is 20.2 Å². The first-order chi connectivity index (χ1) is 20.1. The van der Waals surface area contributed by atoms with Gasteiger partial charge in [-0.1, -0.05) is 6.07 Å². The Morgan fingerprint density at radius 1 is 1.12 bits per heavy atom. The molecule has 1 saturated heterocycles. The van der Waals surface area contributed by atoms with E-state index in [9.17, 15) is 27.5 Å². The van der Waals surface area contributed by atoms with E-state index in [1.807, 2.05) is 6.07 Å². The highest BCUT2D eigenvalue weighted by Gasteiger charge is 2.26. The van der Waals surface area contributed by atoms with Crippen molar-refractivity contribution in [3.63, 3.8) is 0 Å². The van der Waals surface area contributed by atoms with Gasteiger partial charge in [-0.2, -0.15) is 14.0 Å². The first-order valence-electron chi connectivity index (χ1n) is 13.1. The zero-order valence-corrected chi connectivity index (χ0v) is 22.5. The predicted octanol–water partition coefficient (Wildman–Crippen LogP) is 5.98. The molecule has 0 aliphatic carbocycles. The summed E-state index contributed by atoms with van der Waals surface area (Å²) in [6, 6.07) is 12.9. The van der Waals surface area contributed by atoms with Crippen LogP contribution in [0.2, 0.25) is 0 Å². The SMILES string of the molecule is Cn1c(CN2CCC(c3cc(OCc4ccc(C#N)cc4F)ccc3F)CC2)nc2c(OC(F)F)cc(C(=O)O)cc21. The number of fused-ring (bicyclic) bond motifs is 1. The zero-order valence-electron chi connectivity index (χ0n) is 22.5. The number of alkyl halides is 2. The molecule has 0 unspecified atom stereocenters. The van der Waals surface area contributed by atoms with Gasteiger partial charge in [0.05, 0.1) is 29.3 Å². The number of nitrogens with zero attached hydrogens (tertiary/aromatic N) is 4. The quantitative estimate of drug-likeness (QED) is 0.242. The first-order valence-corrected chi connectivity index (χ1v) is 13.1. The lowest BCUT2D eigenvalue weighted by atomic mass is 9.89. The monoisotopic (exact) mass is 582 g/mol. The van der Waals surface area contributed by atoms with Gasteiger partial charge in [0.15, 0.2) is 5.75 Å². The van der Waals surface area contributed by atoms with Gasteiger partial charge < -0.3 is 19.1 Å². The van der Waals surface area contributed by atoms with Crippen molar-refractivity contribution in [3.8, 4) is 17.6 Å². The van der Waals surface area contributed by atoms with Gasteiger partial charge in [-0.25, -0.2) is 18.6 Å². The lowest BCUT2D eigenvalue weighted by Gasteiger charge is -2.32. The van der Waals surface area contributed by atoms with E-state index in [1.54, 1.807) is 17.7 Å². The largest absolute Gasteiger partial charge is 0.489 e. The van der Waals surface area contributed by atoms with Gasteiger partial charge in [-0.15, -0.1) is 0 Å². The fourth-order valence-corrected chi connectivity index (χ4v) is 5.18. The summed E-state index contributed by atoms with van der Waals surface area (Å²) in [4.78, 5) is 18.1. The van der Waals surface area contributed by atoms with Crippen molar-refractivity contribution in [2.75, 3.05) is 13.1 Å². The van der Waals surface area contributed by atoms with Crippen molar-refractivity contribution in [2.24, 2.45) is 7.05 Å². The normalized spacial score (nSPS) is 14.3. The van der Waals surface area contributed by atoms with E-state index in [0.717, 1.165) is 12.1 Å². The number of halogens is 4. The van der Waals surface area contributed by atoms with Crippen molar-refractivity contribution >= 4 is 17.0 Å². The maximum absolute atomic E-state index is 14.8. The summed E-state index contributed by atoms with van der Waals surface area (Å²) in [5.74, 6) is -1.63. The summed E-state index contributed by atoms with van der Waals surface area (Å²) in [7, 11) is 1.68. The second kappa shape index (κ2) is 12.1. The molecule has 2 heterocycles. The van der Waals surface area contributed by atoms with Crippen molar-refractivity contribution < 1.29 is 36.9 Å². The van der Waals surface area contributed by atoms with Gasteiger partial charge in [0.2, 0.25) is 0 Å². The number of aromatic carboxylic acids is 1. The topological polar surface area (TPSA) is 101 Å². The van der Waals surface area contributed by atoms with Crippen LogP contribution in [0.3, 0.4) is 0 Å². The maximum Gasteiger partial charge on any atom is 0.387 e. The molecule has 1 N–H and O–H groups in total. The molecule has 1 aliphatic rings. The van der Waals surface area contributed by atoms with E-state index >= 15 is 0 Å². The Hall–Kier alpha value is -4.63. The van der Waals surface area contributed by atoms with Crippen LogP contribution in [-0.4, -0.2) is 45.2 Å². The number of hydrogen-bond acceptors (Lipinski definition) is 6. The molecule has 1 fully saturated rings. The van der Waals surface area contributed by atoms with E-state index in [4.69, 9.17) is 10.00 Å². The Morgan fingerprint density at radius 2 is 1.88 bits per heavy atom. The number of piperidine rings is 1. The molecule has 0 atom stereocenters. The zero-order chi connectivity index (χ0) is 30.0. The molecule has 3 aromatic carbocycles. The molecular weight excluding hydrogens is 556 g/mol. The number of hydrogen-bond donors (Lipinski definition) is 1. The summed E-state index contributed by atoms with van der Waals surface area (Å²) < 4.78 is 66.9. The predicted molar refractivity (Wildman–Crippen MR) is 143 cm³/mol. The van der Waals surface area contributed by atoms with Crippen LogP contribution in [0.15, 0.2) is 48.5 Å². The molecule has 0 bridgehead atoms. The molecule has 0 radical (unpaired) electrons. The number of nitriles is 1. The molecule has 8 nitrogen and oxygen atoms in total. The third-order valence-corrected chi connectivity index (χ3v) is 7.44. The second-order valence-corrected chi connectivity index (χ2v) is 10.1. The Labute approximate surface area is 238 Å². The fraction of sp³-hybridized carbons (Fsp3) is 0.300. The van der Waals surface area contributed by atoms with Crippen molar-refractivity contribution in [1.29, 1.82) is 5.26 Å². The summed E-state index contributed by atoms with van der Waals surface area (Å²) in [6.07, 6.45) is 1.27. The van der Waals surface area contributed by atoms with E-state index < -0.39 is 18.4 Å². The number of carboxylic acid groups (broad SMARTS) is 1. The number of carboxylic acids is 1. The molecule has 4 aromatic rings. The molecule has 0 spiro atoms. The number of aryl methyl sites for hydroxylation is 1. The number of rotatable bonds is 9. The fourth-order valence-electron chi connectivity index (χ4n) is 5.18. The number of ether oxygens (including phenoxy) is 2. The summed E-state index contributed by atoms with van der Waals surface area (Å²) in [5, 5.41) is 18.3. The van der Waals surface area contributed by atoms with Crippen LogP contribution in [0.25, 0.3) is 11.0 Å². The van der Waals surface area contributed by atoms with Crippen LogP contribution in [0, 0.1) is 23.0 Å². The number of aromatic nitrogens is 2. The van der Waals surface area contributed by atoms with Crippen LogP contribution in [0.4, 0.5) is 17.6 Å². The molecule has 42 heavy (non-hydrogen) atoms. The molecule has 5 rings (SSSR count). The Bertz CT molecular complexity index is 1680. The van der Waals surface area contributed by atoms with Crippen molar-refractivity contribution in [3.05, 3.63) is 88.2 Å². The van der Waals surface area contributed by atoms with Crippen molar-refractivity contribution in [2.45, 2.75) is 38.5 Å². The highest BCUT2D eigenvalue weighted by molar-refractivity contribution is 5.95. The minimum atomic E-state index is -3.14. The van der Waals surface area contributed by atoms with Crippen LogP contribution in [0.5, 0.6) is 11.5 Å². The molecular formula is C30H26F4N4O4. The Morgan fingerprint density at radius 3 is 2.55 bits per heavy atom. The summed E-state index contributed by atoms with van der Waals surface area (Å²) in [6.45, 7) is -1.62. The molecule has 12 heteroatoms. The van der Waals surface area contributed by atoms with E-state index in [2.05, 4.69) is 14.6 Å². The molecule has 0 saturated carbocycles. The van der Waals surface area contributed by atoms with Gasteiger partial charge in [0.25, 0.3) is 0 Å². The third kappa shape index (κ3) is 6.16. The number of carbonyl (C=O) groups is 1. The van der Waals surface area contributed by atoms with Crippen LogP contribution >= 0.6 is 0 Å². The first kappa shape index (κ1) is 28.9. The van der Waals surface area contributed by atoms with E-state index in [-0.39, 0.29) is 46.3 Å². The van der Waals surface area contributed by atoms with E-state index in [0.29, 0.717) is 55.1 Å². The highest BCUT2D eigenvalue weighted by atomic mass is 19.3. The highest BCUT2D eigenvalue weighted by Crippen LogP contribution is 2.34. The molecule has 1 aromatic heterocycles. The number of imidazole rings is 1. The molecule has 218 valence electrons. The Kier molecular flexibility index (Phi) is 8.31. The van der Waals surface area contributed by atoms with Gasteiger partial charge >= 0.3 is 12.6 Å². The maximum atomic E-state index is 14.8. The van der Waals surface area contributed by atoms with Gasteiger partial charge in [-0.05, 0) is 79.9 Å². The average molecular weight is 583 g/mol. The minimum absolute atomic E-state index is 0.0723. The van der Waals surface area contributed by atoms with Crippen LogP contribution in [0.1, 0.15) is 51.6 Å². The van der Waals surface area contributed by atoms with Gasteiger partial charge in [0.1, 0.15) is 35.3 Å². The third-order valence-electron chi connectivity index (χ3n) is 7.44.